The van der Waals surface area contributed by atoms with Crippen LogP contribution in [0.4, 0.5) is 0 Å². The van der Waals surface area contributed by atoms with Crippen LogP contribution < -0.4 is 10.2 Å². The number of methoxy groups -OCH3 is 1. The molecule has 1 radical (unpaired) electrons. The van der Waals surface area contributed by atoms with Crippen LogP contribution in [-0.4, -0.2) is 52.9 Å². The van der Waals surface area contributed by atoms with E-state index in [1.807, 2.05) is 0 Å². The summed E-state index contributed by atoms with van der Waals surface area (Å²) >= 11 is 0. The standard InChI is InChI=1S/C14H29N2O5S/c1-6-8-15-21-9-7-12(16-22(5,18)19)10-13(20-4)14(17)11(2)3/h11-13,15-16H,1,6-10H2,2-5H3. The molecular formula is C14H29N2O5S. The molecule has 8 heteroatoms. The summed E-state index contributed by atoms with van der Waals surface area (Å²) in [5.74, 6) is -0.210. The van der Waals surface area contributed by atoms with Gasteiger partial charge in [0.05, 0.1) is 12.9 Å². The molecule has 2 unspecified atom stereocenters. The van der Waals surface area contributed by atoms with Crippen molar-refractivity contribution >= 4 is 15.8 Å². The van der Waals surface area contributed by atoms with Gasteiger partial charge >= 0.3 is 0 Å². The molecule has 0 rings (SSSR count). The molecule has 0 aromatic rings. The van der Waals surface area contributed by atoms with Gasteiger partial charge in [0.1, 0.15) is 6.10 Å². The van der Waals surface area contributed by atoms with Gasteiger partial charge in [0, 0.05) is 25.6 Å². The Morgan fingerprint density at radius 3 is 2.41 bits per heavy atom. The number of hydrogen-bond acceptors (Lipinski definition) is 6. The lowest BCUT2D eigenvalue weighted by atomic mass is 9.97. The molecule has 0 aromatic heterocycles. The monoisotopic (exact) mass is 337 g/mol. The molecule has 0 aliphatic carbocycles. The number of carbonyl (C=O) groups is 1. The highest BCUT2D eigenvalue weighted by Gasteiger charge is 2.26. The maximum Gasteiger partial charge on any atom is 0.208 e. The van der Waals surface area contributed by atoms with E-state index in [9.17, 15) is 13.2 Å². The second kappa shape index (κ2) is 11.1. The number of hydroxylamine groups is 1. The van der Waals surface area contributed by atoms with Gasteiger partial charge in [-0.3, -0.25) is 4.79 Å². The lowest BCUT2D eigenvalue weighted by Crippen LogP contribution is -2.41. The van der Waals surface area contributed by atoms with Crippen molar-refractivity contribution in [3.63, 3.8) is 0 Å². The highest BCUT2D eigenvalue weighted by Crippen LogP contribution is 2.12. The summed E-state index contributed by atoms with van der Waals surface area (Å²) in [5.41, 5.74) is 2.72. The van der Waals surface area contributed by atoms with E-state index < -0.39 is 22.2 Å². The van der Waals surface area contributed by atoms with E-state index in [-0.39, 0.29) is 18.1 Å². The summed E-state index contributed by atoms with van der Waals surface area (Å²) in [6.45, 7) is 8.19. The van der Waals surface area contributed by atoms with Crippen LogP contribution >= 0.6 is 0 Å². The molecule has 22 heavy (non-hydrogen) atoms. The van der Waals surface area contributed by atoms with E-state index >= 15 is 0 Å². The summed E-state index contributed by atoms with van der Waals surface area (Å²) in [7, 11) is -1.92. The van der Waals surface area contributed by atoms with Gasteiger partial charge in [0.15, 0.2) is 5.78 Å². The largest absolute Gasteiger partial charge is 0.374 e. The number of Topliss-reactive ketones (excluding diaryl/α,β-unsaturated/α-hetero) is 1. The van der Waals surface area contributed by atoms with Crippen molar-refractivity contribution in [3.05, 3.63) is 6.92 Å². The van der Waals surface area contributed by atoms with Gasteiger partial charge in [-0.15, -0.1) is 0 Å². The number of nitrogens with one attached hydrogen (secondary N) is 2. The van der Waals surface area contributed by atoms with Crippen LogP contribution in [0, 0.1) is 12.8 Å². The van der Waals surface area contributed by atoms with Crippen LogP contribution in [-0.2, 0) is 24.4 Å². The summed E-state index contributed by atoms with van der Waals surface area (Å²) in [5, 5.41) is 0. The van der Waals surface area contributed by atoms with Crippen LogP contribution in [0.5, 0.6) is 0 Å². The Morgan fingerprint density at radius 1 is 1.32 bits per heavy atom. The second-order valence-electron chi connectivity index (χ2n) is 5.49. The van der Waals surface area contributed by atoms with E-state index in [4.69, 9.17) is 9.57 Å². The summed E-state index contributed by atoms with van der Waals surface area (Å²) in [4.78, 5) is 17.2. The van der Waals surface area contributed by atoms with Gasteiger partial charge in [-0.1, -0.05) is 20.8 Å². The van der Waals surface area contributed by atoms with Gasteiger partial charge in [-0.05, 0) is 19.3 Å². The topological polar surface area (TPSA) is 93.7 Å². The van der Waals surface area contributed by atoms with Crippen molar-refractivity contribution in [2.24, 2.45) is 5.92 Å². The molecule has 131 valence electrons. The molecule has 2 atom stereocenters. The Kier molecular flexibility index (Phi) is 10.8. The van der Waals surface area contributed by atoms with Crippen LogP contribution in [0.1, 0.15) is 33.1 Å². The number of carbonyl (C=O) groups excluding carboxylic acids is 1. The van der Waals surface area contributed by atoms with Crippen LogP contribution in [0.2, 0.25) is 0 Å². The average molecular weight is 337 g/mol. The molecule has 0 aromatic carbocycles. The molecular weight excluding hydrogens is 308 g/mol. The lowest BCUT2D eigenvalue weighted by Gasteiger charge is -2.23. The highest BCUT2D eigenvalue weighted by molar-refractivity contribution is 7.88. The zero-order chi connectivity index (χ0) is 17.2. The molecule has 0 aliphatic rings. The van der Waals surface area contributed by atoms with E-state index in [0.717, 1.165) is 6.26 Å². The van der Waals surface area contributed by atoms with Crippen LogP contribution in [0.3, 0.4) is 0 Å². The summed E-state index contributed by atoms with van der Waals surface area (Å²) in [6, 6.07) is -0.427. The highest BCUT2D eigenvalue weighted by atomic mass is 32.2. The quantitative estimate of drug-likeness (QED) is 0.379. The first-order valence-electron chi connectivity index (χ1n) is 7.39. The minimum Gasteiger partial charge on any atom is -0.374 e. The molecule has 7 nitrogen and oxygen atoms in total. The fourth-order valence-electron chi connectivity index (χ4n) is 1.90. The van der Waals surface area contributed by atoms with Gasteiger partial charge < -0.3 is 9.57 Å². The normalized spacial score (nSPS) is 15.0. The third-order valence-electron chi connectivity index (χ3n) is 3.00. The number of sulfonamides is 1. The van der Waals surface area contributed by atoms with Gasteiger partial charge in [-0.25, -0.2) is 18.6 Å². The third-order valence-corrected chi connectivity index (χ3v) is 3.76. The Morgan fingerprint density at radius 2 is 1.95 bits per heavy atom. The van der Waals surface area contributed by atoms with Crippen molar-refractivity contribution in [2.45, 2.75) is 45.3 Å². The maximum absolute atomic E-state index is 12.0. The zero-order valence-electron chi connectivity index (χ0n) is 13.9. The minimum atomic E-state index is -3.37. The predicted octanol–water partition coefficient (Wildman–Crippen LogP) is 0.670. The Balaban J connectivity index is 4.60. The van der Waals surface area contributed by atoms with Crippen molar-refractivity contribution in [3.8, 4) is 0 Å². The van der Waals surface area contributed by atoms with E-state index in [0.29, 0.717) is 26.0 Å². The molecule has 0 bridgehead atoms. The molecule has 0 saturated carbocycles. The molecule has 0 amide bonds. The van der Waals surface area contributed by atoms with E-state index in [1.165, 1.54) is 7.11 Å². The predicted molar refractivity (Wildman–Crippen MR) is 85.6 cm³/mol. The summed E-state index contributed by atoms with van der Waals surface area (Å²) < 4.78 is 30.6. The van der Waals surface area contributed by atoms with Crippen molar-refractivity contribution < 1.29 is 22.8 Å². The molecule has 0 fully saturated rings. The maximum atomic E-state index is 12.0. The smallest absolute Gasteiger partial charge is 0.208 e. The third kappa shape index (κ3) is 10.2. The first-order valence-corrected chi connectivity index (χ1v) is 9.28. The number of hydrogen-bond donors (Lipinski definition) is 2. The summed E-state index contributed by atoms with van der Waals surface area (Å²) in [6.07, 6.45) is 1.86. The Hall–Kier alpha value is -0.540. The molecule has 0 heterocycles. The van der Waals surface area contributed by atoms with Crippen molar-refractivity contribution in [1.29, 1.82) is 0 Å². The van der Waals surface area contributed by atoms with Crippen LogP contribution in [0.25, 0.3) is 0 Å². The lowest BCUT2D eigenvalue weighted by molar-refractivity contribution is -0.132. The Bertz CT molecular complexity index is 411. The molecule has 2 N–H and O–H groups in total. The second-order valence-corrected chi connectivity index (χ2v) is 7.27. The fourth-order valence-corrected chi connectivity index (χ4v) is 2.72. The van der Waals surface area contributed by atoms with Crippen LogP contribution in [0.15, 0.2) is 0 Å². The average Bonchev–Trinajstić information content (AvgIpc) is 2.41. The molecule has 0 spiro atoms. The van der Waals surface area contributed by atoms with Crippen molar-refractivity contribution in [1.82, 2.24) is 10.2 Å². The van der Waals surface area contributed by atoms with E-state index in [1.54, 1.807) is 13.8 Å². The SMILES string of the molecule is [CH2]CCNOCCC(CC(OC)C(=O)C(C)C)NS(C)(=O)=O. The number of ketones is 1. The fraction of sp³-hybridized carbons (Fsp3) is 0.857. The minimum absolute atomic E-state index is 0.0427. The number of ether oxygens (including phenoxy) is 1. The van der Waals surface area contributed by atoms with Gasteiger partial charge in [0.2, 0.25) is 10.0 Å². The van der Waals surface area contributed by atoms with Gasteiger partial charge in [-0.2, -0.15) is 0 Å². The van der Waals surface area contributed by atoms with Crippen molar-refractivity contribution in [2.75, 3.05) is 26.5 Å². The first-order chi connectivity index (χ1) is 10.2. The molecule has 0 aliphatic heterocycles. The first kappa shape index (κ1) is 21.5. The number of rotatable bonds is 13. The Labute approximate surface area is 134 Å². The van der Waals surface area contributed by atoms with Gasteiger partial charge in [0.25, 0.3) is 0 Å². The zero-order valence-corrected chi connectivity index (χ0v) is 14.7. The molecule has 0 saturated heterocycles. The van der Waals surface area contributed by atoms with E-state index in [2.05, 4.69) is 17.1 Å².